The zero-order valence-electron chi connectivity index (χ0n) is 14.7. The number of aromatic hydroxyl groups is 1. The number of carbonyl (C=O) groups is 1. The zero-order valence-corrected chi connectivity index (χ0v) is 15.5. The summed E-state index contributed by atoms with van der Waals surface area (Å²) in [5, 5.41) is 14.3. The molecule has 1 atom stereocenters. The second-order valence-corrected chi connectivity index (χ2v) is 7.44. The summed E-state index contributed by atoms with van der Waals surface area (Å²) < 4.78 is 5.73. The quantitative estimate of drug-likeness (QED) is 0.739. The molecule has 1 aromatic carbocycles. The summed E-state index contributed by atoms with van der Waals surface area (Å²) >= 11 is 1.58. The number of amides is 1. The van der Waals surface area contributed by atoms with Crippen molar-refractivity contribution >= 4 is 22.9 Å². The van der Waals surface area contributed by atoms with Gasteiger partial charge in [0.05, 0.1) is 17.8 Å². The zero-order chi connectivity index (χ0) is 18.3. The Kier molecular flexibility index (Phi) is 4.28. The lowest BCUT2D eigenvalue weighted by Crippen LogP contribution is -2.37. The number of hydrogen-bond acceptors (Lipinski definition) is 5. The molecule has 1 unspecified atom stereocenters. The van der Waals surface area contributed by atoms with Crippen LogP contribution in [-0.2, 0) is 11.2 Å². The Bertz CT molecular complexity index is 946. The van der Waals surface area contributed by atoms with Gasteiger partial charge in [-0.1, -0.05) is 19.1 Å². The van der Waals surface area contributed by atoms with Gasteiger partial charge in [0, 0.05) is 17.5 Å². The van der Waals surface area contributed by atoms with E-state index in [1.807, 2.05) is 35.9 Å². The van der Waals surface area contributed by atoms with Crippen molar-refractivity contribution < 1.29 is 14.3 Å². The van der Waals surface area contributed by atoms with Crippen LogP contribution in [0.5, 0.6) is 5.75 Å². The van der Waals surface area contributed by atoms with E-state index in [0.717, 1.165) is 17.5 Å². The minimum Gasteiger partial charge on any atom is -0.506 e. The summed E-state index contributed by atoms with van der Waals surface area (Å²) in [7, 11) is 0. The van der Waals surface area contributed by atoms with E-state index in [2.05, 4.69) is 11.9 Å². The first-order valence-corrected chi connectivity index (χ1v) is 9.60. The van der Waals surface area contributed by atoms with E-state index in [1.54, 1.807) is 22.3 Å². The molecule has 134 valence electrons. The molecule has 0 spiro atoms. The van der Waals surface area contributed by atoms with Crippen LogP contribution in [0.3, 0.4) is 0 Å². The van der Waals surface area contributed by atoms with E-state index in [0.29, 0.717) is 35.5 Å². The fourth-order valence-electron chi connectivity index (χ4n) is 3.42. The summed E-state index contributed by atoms with van der Waals surface area (Å²) in [6, 6.07) is 7.39. The molecule has 26 heavy (non-hydrogen) atoms. The van der Waals surface area contributed by atoms with Crippen molar-refractivity contribution in [2.45, 2.75) is 32.6 Å². The molecule has 0 fully saturated rings. The highest BCUT2D eigenvalue weighted by Crippen LogP contribution is 2.41. The minimum absolute atomic E-state index is 0.0760. The van der Waals surface area contributed by atoms with Gasteiger partial charge in [-0.05, 0) is 42.3 Å². The van der Waals surface area contributed by atoms with Gasteiger partial charge in [0.25, 0.3) is 0 Å². The van der Waals surface area contributed by atoms with Gasteiger partial charge >= 0.3 is 0 Å². The molecule has 0 aliphatic carbocycles. The number of thiophene rings is 1. The molecule has 3 heterocycles. The Morgan fingerprint density at radius 1 is 1.42 bits per heavy atom. The van der Waals surface area contributed by atoms with E-state index >= 15 is 0 Å². The maximum atomic E-state index is 13.0. The van der Waals surface area contributed by atoms with Gasteiger partial charge in [0.15, 0.2) is 0 Å². The average molecular weight is 368 g/mol. The van der Waals surface area contributed by atoms with Crippen LogP contribution >= 0.6 is 11.3 Å². The molecule has 1 N–H and O–H groups in total. The van der Waals surface area contributed by atoms with Crippen LogP contribution in [0.1, 0.15) is 36.3 Å². The van der Waals surface area contributed by atoms with Gasteiger partial charge in [-0.3, -0.25) is 4.79 Å². The number of aryl methyl sites for hydroxylation is 1. The van der Waals surface area contributed by atoms with Crippen molar-refractivity contribution in [3.8, 4) is 17.2 Å². The van der Waals surface area contributed by atoms with Crippen molar-refractivity contribution in [3.63, 3.8) is 0 Å². The predicted molar refractivity (Wildman–Crippen MR) is 102 cm³/mol. The molecule has 0 radical (unpaired) electrons. The number of fused-ring (bicyclic) bond motifs is 1. The summed E-state index contributed by atoms with van der Waals surface area (Å²) in [5.41, 5.74) is 3.22. The maximum Gasteiger partial charge on any atom is 0.233 e. The first-order chi connectivity index (χ1) is 12.5. The molecule has 0 bridgehead atoms. The third kappa shape index (κ3) is 2.90. The van der Waals surface area contributed by atoms with Crippen molar-refractivity contribution in [1.29, 1.82) is 0 Å². The Balaban J connectivity index is 1.61. The van der Waals surface area contributed by atoms with E-state index in [4.69, 9.17) is 4.42 Å². The Morgan fingerprint density at radius 3 is 3.04 bits per heavy atom. The number of nitrogens with zero attached hydrogens (tertiary/aromatic N) is 2. The Labute approximate surface area is 155 Å². The molecule has 2 aromatic heterocycles. The minimum atomic E-state index is -0.0760. The third-order valence-electron chi connectivity index (χ3n) is 4.91. The number of para-hydroxylation sites is 1. The van der Waals surface area contributed by atoms with Crippen LogP contribution in [-0.4, -0.2) is 22.5 Å². The number of anilines is 1. The molecule has 0 saturated heterocycles. The van der Waals surface area contributed by atoms with Gasteiger partial charge in [0.1, 0.15) is 11.5 Å². The molecule has 4 rings (SSSR count). The van der Waals surface area contributed by atoms with Gasteiger partial charge in [0.2, 0.25) is 11.8 Å². The largest absolute Gasteiger partial charge is 0.506 e. The van der Waals surface area contributed by atoms with Crippen molar-refractivity contribution in [1.82, 2.24) is 4.98 Å². The molecule has 5 nitrogen and oxygen atoms in total. The first-order valence-electron chi connectivity index (χ1n) is 8.65. The highest BCUT2D eigenvalue weighted by Gasteiger charge is 2.29. The van der Waals surface area contributed by atoms with Crippen LogP contribution in [0.2, 0.25) is 0 Å². The van der Waals surface area contributed by atoms with Crippen LogP contribution in [0.4, 0.5) is 5.69 Å². The van der Waals surface area contributed by atoms with Crippen LogP contribution in [0.25, 0.3) is 11.5 Å². The van der Waals surface area contributed by atoms with Crippen LogP contribution in [0, 0.1) is 6.92 Å². The first kappa shape index (κ1) is 16.8. The lowest BCUT2D eigenvalue weighted by Gasteiger charge is -2.33. The average Bonchev–Trinajstić information content (AvgIpc) is 3.26. The fraction of sp³-hybridized carbons (Fsp3) is 0.300. The number of phenolic OH excluding ortho intramolecular Hbond substituents is 1. The van der Waals surface area contributed by atoms with E-state index in [1.165, 1.54) is 0 Å². The van der Waals surface area contributed by atoms with Gasteiger partial charge in [-0.25, -0.2) is 4.98 Å². The smallest absolute Gasteiger partial charge is 0.233 e. The maximum absolute atomic E-state index is 13.0. The van der Waals surface area contributed by atoms with Crippen molar-refractivity contribution in [3.05, 3.63) is 52.0 Å². The molecular weight excluding hydrogens is 348 g/mol. The monoisotopic (exact) mass is 368 g/mol. The lowest BCUT2D eigenvalue weighted by molar-refractivity contribution is -0.118. The van der Waals surface area contributed by atoms with E-state index < -0.39 is 0 Å². The number of hydrogen-bond donors (Lipinski definition) is 1. The van der Waals surface area contributed by atoms with E-state index in [9.17, 15) is 9.90 Å². The van der Waals surface area contributed by atoms with Gasteiger partial charge in [-0.2, -0.15) is 11.3 Å². The number of benzene rings is 1. The highest BCUT2D eigenvalue weighted by molar-refractivity contribution is 7.08. The molecule has 1 amide bonds. The second kappa shape index (κ2) is 6.61. The highest BCUT2D eigenvalue weighted by atomic mass is 32.1. The lowest BCUT2D eigenvalue weighted by atomic mass is 9.91. The Hall–Kier alpha value is -2.60. The normalized spacial score (nSPS) is 16.5. The van der Waals surface area contributed by atoms with Gasteiger partial charge < -0.3 is 14.4 Å². The number of phenols is 1. The number of aromatic nitrogens is 1. The van der Waals surface area contributed by atoms with Crippen molar-refractivity contribution in [2.24, 2.45) is 0 Å². The fourth-order valence-corrected chi connectivity index (χ4v) is 4.05. The standard InChI is InChI=1S/C20H20N2O3S/c1-12-6-8-22(19-15(12)4-3-5-17(19)23)18(24)10-16-13(2)25-20(21-16)14-7-9-26-11-14/h3-5,7,9,11-12,23H,6,8,10H2,1-2H3. The van der Waals surface area contributed by atoms with Crippen molar-refractivity contribution in [2.75, 3.05) is 11.4 Å². The summed E-state index contributed by atoms with van der Waals surface area (Å²) in [5.74, 6) is 1.59. The van der Waals surface area contributed by atoms with E-state index in [-0.39, 0.29) is 18.1 Å². The predicted octanol–water partition coefficient (Wildman–Crippen LogP) is 4.50. The number of oxazole rings is 1. The van der Waals surface area contributed by atoms with Crippen LogP contribution < -0.4 is 4.90 Å². The summed E-state index contributed by atoms with van der Waals surface area (Å²) in [6.45, 7) is 4.54. The molecule has 3 aromatic rings. The topological polar surface area (TPSA) is 66.6 Å². The molecule has 0 saturated carbocycles. The SMILES string of the molecule is Cc1oc(-c2ccsc2)nc1CC(=O)N1CCC(C)c2cccc(O)c21. The molecular formula is C20H20N2O3S. The summed E-state index contributed by atoms with van der Waals surface area (Å²) in [6.07, 6.45) is 1.03. The number of rotatable bonds is 3. The number of carbonyl (C=O) groups excluding carboxylic acids is 1. The van der Waals surface area contributed by atoms with Gasteiger partial charge in [-0.15, -0.1) is 0 Å². The third-order valence-corrected chi connectivity index (χ3v) is 5.60. The second-order valence-electron chi connectivity index (χ2n) is 6.66. The Morgan fingerprint density at radius 2 is 2.27 bits per heavy atom. The molecule has 6 heteroatoms. The van der Waals surface area contributed by atoms with Crippen LogP contribution in [0.15, 0.2) is 39.4 Å². The summed E-state index contributed by atoms with van der Waals surface area (Å²) in [4.78, 5) is 19.2. The molecule has 1 aliphatic rings. The molecule has 1 aliphatic heterocycles.